The van der Waals surface area contributed by atoms with E-state index in [1.54, 1.807) is 31.2 Å². The molecule has 0 aliphatic heterocycles. The van der Waals surface area contributed by atoms with Crippen molar-refractivity contribution in [2.75, 3.05) is 24.2 Å². The van der Waals surface area contributed by atoms with Crippen molar-refractivity contribution >= 4 is 21.6 Å². The fraction of sp³-hybridized carbons (Fsp3) is 0.316. The van der Waals surface area contributed by atoms with Crippen LogP contribution in [0.5, 0.6) is 5.75 Å². The van der Waals surface area contributed by atoms with E-state index in [1.165, 1.54) is 7.11 Å². The molecule has 0 bridgehead atoms. The van der Waals surface area contributed by atoms with Crippen LogP contribution in [0.2, 0.25) is 0 Å². The number of methoxy groups -OCH3 is 1. The topological polar surface area (TPSA) is 75.7 Å². The van der Waals surface area contributed by atoms with E-state index in [9.17, 15) is 26.4 Å². The van der Waals surface area contributed by atoms with Crippen molar-refractivity contribution in [2.24, 2.45) is 0 Å². The summed E-state index contributed by atoms with van der Waals surface area (Å²) in [6.45, 7) is 1.13. The number of hydrogen-bond acceptors (Lipinski definition) is 4. The molecule has 0 saturated carbocycles. The van der Waals surface area contributed by atoms with Gasteiger partial charge in [-0.3, -0.25) is 9.10 Å². The van der Waals surface area contributed by atoms with Gasteiger partial charge in [-0.05, 0) is 37.3 Å². The van der Waals surface area contributed by atoms with E-state index in [2.05, 4.69) is 5.32 Å². The number of carbonyl (C=O) groups is 1. The third kappa shape index (κ3) is 5.86. The molecule has 2 aromatic carbocycles. The van der Waals surface area contributed by atoms with Gasteiger partial charge in [0.25, 0.3) is 0 Å². The first-order chi connectivity index (χ1) is 13.4. The molecule has 0 saturated heterocycles. The van der Waals surface area contributed by atoms with Gasteiger partial charge in [-0.2, -0.15) is 13.2 Å². The molecule has 2 aromatic rings. The molecule has 1 amide bonds. The highest BCUT2D eigenvalue weighted by atomic mass is 32.2. The van der Waals surface area contributed by atoms with Crippen molar-refractivity contribution in [1.29, 1.82) is 0 Å². The summed E-state index contributed by atoms with van der Waals surface area (Å²) in [6, 6.07) is 10.1. The first-order valence-electron chi connectivity index (χ1n) is 8.50. The SMILES string of the molecule is COc1ccccc1[C@H](C)NC(=O)CN(c1ccc(C(F)(F)F)cc1)S(C)(=O)=O. The van der Waals surface area contributed by atoms with E-state index < -0.39 is 40.3 Å². The molecule has 0 fully saturated rings. The van der Waals surface area contributed by atoms with Crippen LogP contribution >= 0.6 is 0 Å². The maximum absolute atomic E-state index is 12.7. The molecule has 0 radical (unpaired) electrons. The zero-order chi connectivity index (χ0) is 21.8. The Bertz CT molecular complexity index is 960. The molecule has 0 aromatic heterocycles. The Morgan fingerprint density at radius 2 is 1.72 bits per heavy atom. The van der Waals surface area contributed by atoms with E-state index in [0.717, 1.165) is 34.8 Å². The Morgan fingerprint density at radius 1 is 1.14 bits per heavy atom. The summed E-state index contributed by atoms with van der Waals surface area (Å²) in [5.74, 6) is -0.0586. The lowest BCUT2D eigenvalue weighted by molar-refractivity contribution is -0.137. The van der Waals surface area contributed by atoms with Crippen LogP contribution in [0, 0.1) is 0 Å². The normalized spacial score (nSPS) is 12.9. The summed E-state index contributed by atoms with van der Waals surface area (Å²) < 4.78 is 68.4. The number of alkyl halides is 3. The second-order valence-electron chi connectivity index (χ2n) is 6.35. The Labute approximate surface area is 167 Å². The molecule has 1 N–H and O–H groups in total. The average molecular weight is 430 g/mol. The predicted octanol–water partition coefficient (Wildman–Crippen LogP) is 3.36. The number of carbonyl (C=O) groups excluding carboxylic acids is 1. The fourth-order valence-electron chi connectivity index (χ4n) is 2.74. The van der Waals surface area contributed by atoms with Gasteiger partial charge in [-0.25, -0.2) is 8.42 Å². The molecule has 0 aliphatic rings. The number of amides is 1. The molecule has 2 rings (SSSR count). The molecule has 1 atom stereocenters. The van der Waals surface area contributed by atoms with Crippen molar-refractivity contribution in [3.05, 3.63) is 59.7 Å². The summed E-state index contributed by atoms with van der Waals surface area (Å²) in [6.07, 6.45) is -3.67. The minimum Gasteiger partial charge on any atom is -0.496 e. The zero-order valence-electron chi connectivity index (χ0n) is 16.0. The third-order valence-electron chi connectivity index (χ3n) is 4.15. The molecule has 158 valence electrons. The van der Waals surface area contributed by atoms with E-state index in [1.807, 2.05) is 0 Å². The van der Waals surface area contributed by atoms with Crippen LogP contribution in [0.3, 0.4) is 0 Å². The highest BCUT2D eigenvalue weighted by Gasteiger charge is 2.31. The summed E-state index contributed by atoms with van der Waals surface area (Å²) >= 11 is 0. The molecule has 0 heterocycles. The Kier molecular flexibility index (Phi) is 6.78. The second-order valence-corrected chi connectivity index (χ2v) is 8.25. The standard InChI is InChI=1S/C19H21F3N2O4S/c1-13(16-6-4-5-7-17(16)28-2)23-18(25)12-24(29(3,26)27)15-10-8-14(9-11-15)19(20,21)22/h4-11,13H,12H2,1-3H3,(H,23,25)/t13-/m0/s1. The minimum absolute atomic E-state index is 0.0411. The van der Waals surface area contributed by atoms with Crippen molar-refractivity contribution in [2.45, 2.75) is 19.1 Å². The Balaban J connectivity index is 2.19. The van der Waals surface area contributed by atoms with E-state index in [0.29, 0.717) is 11.3 Å². The molecule has 10 heteroatoms. The highest BCUT2D eigenvalue weighted by molar-refractivity contribution is 7.92. The number of rotatable bonds is 7. The van der Waals surface area contributed by atoms with Crippen molar-refractivity contribution in [3.63, 3.8) is 0 Å². The van der Waals surface area contributed by atoms with Crippen LogP contribution < -0.4 is 14.4 Å². The number of anilines is 1. The van der Waals surface area contributed by atoms with Gasteiger partial charge in [-0.15, -0.1) is 0 Å². The quantitative estimate of drug-likeness (QED) is 0.731. The fourth-order valence-corrected chi connectivity index (χ4v) is 3.59. The molecule has 29 heavy (non-hydrogen) atoms. The van der Waals surface area contributed by atoms with E-state index >= 15 is 0 Å². The van der Waals surface area contributed by atoms with Crippen LogP contribution in [-0.4, -0.2) is 34.2 Å². The van der Waals surface area contributed by atoms with Gasteiger partial charge in [0.2, 0.25) is 15.9 Å². The average Bonchev–Trinajstić information content (AvgIpc) is 2.64. The Morgan fingerprint density at radius 3 is 2.24 bits per heavy atom. The second kappa shape index (κ2) is 8.73. The van der Waals surface area contributed by atoms with Gasteiger partial charge < -0.3 is 10.1 Å². The summed E-state index contributed by atoms with van der Waals surface area (Å²) in [5, 5.41) is 2.67. The van der Waals surface area contributed by atoms with Crippen LogP contribution in [0.1, 0.15) is 24.1 Å². The molecule has 6 nitrogen and oxygen atoms in total. The third-order valence-corrected chi connectivity index (χ3v) is 5.29. The van der Waals surface area contributed by atoms with Crippen LogP contribution in [0.25, 0.3) is 0 Å². The van der Waals surface area contributed by atoms with Gasteiger partial charge in [-0.1, -0.05) is 18.2 Å². The molecule has 0 spiro atoms. The minimum atomic E-state index is -4.55. The molecule has 0 unspecified atom stereocenters. The lowest BCUT2D eigenvalue weighted by atomic mass is 10.1. The van der Waals surface area contributed by atoms with Crippen LogP contribution in [-0.2, 0) is 21.0 Å². The summed E-state index contributed by atoms with van der Waals surface area (Å²) in [5.41, 5.74) is -0.256. The molecule has 0 aliphatic carbocycles. The number of nitrogens with zero attached hydrogens (tertiary/aromatic N) is 1. The largest absolute Gasteiger partial charge is 0.496 e. The first-order valence-corrected chi connectivity index (χ1v) is 10.4. The van der Waals surface area contributed by atoms with Crippen molar-refractivity contribution in [3.8, 4) is 5.75 Å². The van der Waals surface area contributed by atoms with Gasteiger partial charge in [0, 0.05) is 5.56 Å². The number of para-hydroxylation sites is 1. The highest BCUT2D eigenvalue weighted by Crippen LogP contribution is 2.31. The number of hydrogen-bond donors (Lipinski definition) is 1. The van der Waals surface area contributed by atoms with E-state index in [4.69, 9.17) is 4.74 Å². The van der Waals surface area contributed by atoms with Gasteiger partial charge in [0.15, 0.2) is 0 Å². The Hall–Kier alpha value is -2.75. The van der Waals surface area contributed by atoms with Crippen LogP contribution in [0.15, 0.2) is 48.5 Å². The van der Waals surface area contributed by atoms with Gasteiger partial charge in [0.1, 0.15) is 12.3 Å². The predicted molar refractivity (Wildman–Crippen MR) is 103 cm³/mol. The van der Waals surface area contributed by atoms with Crippen molar-refractivity contribution in [1.82, 2.24) is 5.32 Å². The smallest absolute Gasteiger partial charge is 0.416 e. The number of sulfonamides is 1. The van der Waals surface area contributed by atoms with Crippen molar-refractivity contribution < 1.29 is 31.1 Å². The maximum atomic E-state index is 12.7. The summed E-state index contributed by atoms with van der Waals surface area (Å²) in [7, 11) is -2.42. The monoisotopic (exact) mass is 430 g/mol. The maximum Gasteiger partial charge on any atom is 0.416 e. The van der Waals surface area contributed by atoms with Gasteiger partial charge in [0.05, 0.1) is 30.7 Å². The molecular formula is C19H21F3N2O4S. The van der Waals surface area contributed by atoms with Crippen LogP contribution in [0.4, 0.5) is 18.9 Å². The number of ether oxygens (including phenoxy) is 1. The lowest BCUT2D eigenvalue weighted by Crippen LogP contribution is -2.41. The summed E-state index contributed by atoms with van der Waals surface area (Å²) in [4.78, 5) is 12.4. The first kappa shape index (κ1) is 22.5. The number of benzene rings is 2. The zero-order valence-corrected chi connectivity index (χ0v) is 16.8. The van der Waals surface area contributed by atoms with Gasteiger partial charge >= 0.3 is 6.18 Å². The lowest BCUT2D eigenvalue weighted by Gasteiger charge is -2.24. The van der Waals surface area contributed by atoms with E-state index in [-0.39, 0.29) is 5.69 Å². The number of nitrogens with one attached hydrogen (secondary N) is 1. The molecular weight excluding hydrogens is 409 g/mol. The number of halogens is 3.